The van der Waals surface area contributed by atoms with Crippen LogP contribution in [0.4, 0.5) is 0 Å². The summed E-state index contributed by atoms with van der Waals surface area (Å²) in [5, 5.41) is 3.99. The molecule has 5 heteroatoms. The summed E-state index contributed by atoms with van der Waals surface area (Å²) >= 11 is 0. The number of imidazole rings is 1. The van der Waals surface area contributed by atoms with E-state index in [0.29, 0.717) is 12.3 Å². The molecule has 0 atom stereocenters. The molecule has 0 fully saturated rings. The molecule has 0 saturated carbocycles. The molecule has 2 N–H and O–H groups in total. The molecule has 0 aliphatic carbocycles. The Balaban J connectivity index is 2.69. The second kappa shape index (κ2) is 2.28. The predicted octanol–water partition coefficient (Wildman–Crippen LogP) is -0.417. The SMILES string of the molecule is NCc1cn2nccnc2n1. The van der Waals surface area contributed by atoms with Crippen molar-refractivity contribution in [1.29, 1.82) is 0 Å². The van der Waals surface area contributed by atoms with Gasteiger partial charge in [-0.25, -0.2) is 14.5 Å². The number of nitrogens with two attached hydrogens (primary N) is 1. The number of fused-ring (bicyclic) bond motifs is 1. The van der Waals surface area contributed by atoms with Crippen molar-refractivity contribution in [2.24, 2.45) is 5.73 Å². The van der Waals surface area contributed by atoms with E-state index < -0.39 is 0 Å². The first-order valence-corrected chi connectivity index (χ1v) is 3.25. The molecule has 0 spiro atoms. The second-order valence-electron chi connectivity index (χ2n) is 2.12. The molecular weight excluding hydrogens is 142 g/mol. The summed E-state index contributed by atoms with van der Waals surface area (Å²) in [7, 11) is 0. The molecule has 2 rings (SSSR count). The normalized spacial score (nSPS) is 10.6. The first kappa shape index (κ1) is 6.23. The van der Waals surface area contributed by atoms with Crippen LogP contribution in [0.5, 0.6) is 0 Å². The monoisotopic (exact) mass is 149 g/mol. The summed E-state index contributed by atoms with van der Waals surface area (Å²) in [6.45, 7) is 0.422. The van der Waals surface area contributed by atoms with E-state index >= 15 is 0 Å². The Hall–Kier alpha value is -1.49. The van der Waals surface area contributed by atoms with Crippen LogP contribution in [0.25, 0.3) is 5.78 Å². The minimum atomic E-state index is 0.422. The van der Waals surface area contributed by atoms with E-state index in [-0.39, 0.29) is 0 Å². The van der Waals surface area contributed by atoms with Gasteiger partial charge in [0.25, 0.3) is 5.78 Å². The summed E-state index contributed by atoms with van der Waals surface area (Å²) in [4.78, 5) is 8.08. The Morgan fingerprint density at radius 2 is 2.36 bits per heavy atom. The number of hydrogen-bond donors (Lipinski definition) is 1. The van der Waals surface area contributed by atoms with Crippen LogP contribution >= 0.6 is 0 Å². The van der Waals surface area contributed by atoms with Gasteiger partial charge in [0.15, 0.2) is 0 Å². The van der Waals surface area contributed by atoms with Crippen LogP contribution in [0.3, 0.4) is 0 Å². The third kappa shape index (κ3) is 0.947. The van der Waals surface area contributed by atoms with Crippen molar-refractivity contribution in [3.8, 4) is 0 Å². The van der Waals surface area contributed by atoms with Gasteiger partial charge >= 0.3 is 0 Å². The van der Waals surface area contributed by atoms with Crippen LogP contribution in [-0.4, -0.2) is 19.6 Å². The van der Waals surface area contributed by atoms with Crippen LogP contribution in [0.1, 0.15) is 5.69 Å². The van der Waals surface area contributed by atoms with Crippen molar-refractivity contribution in [2.45, 2.75) is 6.54 Å². The summed E-state index contributed by atoms with van der Waals surface area (Å²) in [6.07, 6.45) is 4.97. The zero-order valence-corrected chi connectivity index (χ0v) is 5.81. The molecule has 0 radical (unpaired) electrons. The van der Waals surface area contributed by atoms with Crippen LogP contribution in [-0.2, 0) is 6.54 Å². The lowest BCUT2D eigenvalue weighted by molar-refractivity contribution is 0.899. The van der Waals surface area contributed by atoms with E-state index in [9.17, 15) is 0 Å². The van der Waals surface area contributed by atoms with Crippen molar-refractivity contribution in [1.82, 2.24) is 19.6 Å². The second-order valence-corrected chi connectivity index (χ2v) is 2.12. The molecule has 2 aromatic rings. The molecule has 5 nitrogen and oxygen atoms in total. The van der Waals surface area contributed by atoms with Crippen LogP contribution in [0, 0.1) is 0 Å². The largest absolute Gasteiger partial charge is 0.325 e. The maximum Gasteiger partial charge on any atom is 0.250 e. The lowest BCUT2D eigenvalue weighted by Crippen LogP contribution is -1.95. The van der Waals surface area contributed by atoms with Crippen molar-refractivity contribution in [2.75, 3.05) is 0 Å². The summed E-state index contributed by atoms with van der Waals surface area (Å²) < 4.78 is 1.60. The fourth-order valence-electron chi connectivity index (χ4n) is 0.880. The minimum Gasteiger partial charge on any atom is -0.325 e. The van der Waals surface area contributed by atoms with Crippen LogP contribution < -0.4 is 5.73 Å². The predicted molar refractivity (Wildman–Crippen MR) is 38.7 cm³/mol. The van der Waals surface area contributed by atoms with Gasteiger partial charge in [-0.3, -0.25) is 0 Å². The number of aromatic nitrogens is 4. The third-order valence-corrected chi connectivity index (χ3v) is 1.38. The lowest BCUT2D eigenvalue weighted by atomic mass is 10.5. The van der Waals surface area contributed by atoms with Crippen molar-refractivity contribution < 1.29 is 0 Å². The zero-order chi connectivity index (χ0) is 7.68. The Morgan fingerprint density at radius 3 is 3.09 bits per heavy atom. The maximum absolute atomic E-state index is 5.38. The summed E-state index contributed by atoms with van der Waals surface area (Å²) in [6, 6.07) is 0. The molecule has 0 unspecified atom stereocenters. The van der Waals surface area contributed by atoms with Crippen LogP contribution in [0.15, 0.2) is 18.6 Å². The van der Waals surface area contributed by atoms with E-state index in [1.54, 1.807) is 23.1 Å². The van der Waals surface area contributed by atoms with Gasteiger partial charge in [-0.1, -0.05) is 0 Å². The standard InChI is InChI=1S/C6H7N5/c7-3-5-4-11-6(10-5)8-1-2-9-11/h1-2,4H,3,7H2. The first-order chi connectivity index (χ1) is 5.40. The van der Waals surface area contributed by atoms with Gasteiger partial charge in [0.05, 0.1) is 24.3 Å². The highest BCUT2D eigenvalue weighted by Gasteiger charge is 1.98. The van der Waals surface area contributed by atoms with E-state index in [4.69, 9.17) is 5.73 Å². The number of nitrogens with zero attached hydrogens (tertiary/aromatic N) is 4. The Morgan fingerprint density at radius 1 is 1.45 bits per heavy atom. The topological polar surface area (TPSA) is 69.1 Å². The molecule has 56 valence electrons. The highest BCUT2D eigenvalue weighted by atomic mass is 15.3. The maximum atomic E-state index is 5.38. The molecule has 0 bridgehead atoms. The van der Waals surface area contributed by atoms with Gasteiger partial charge < -0.3 is 5.73 Å². The number of hydrogen-bond acceptors (Lipinski definition) is 4. The van der Waals surface area contributed by atoms with Crippen molar-refractivity contribution in [3.05, 3.63) is 24.3 Å². The number of rotatable bonds is 1. The highest BCUT2D eigenvalue weighted by molar-refractivity contribution is 5.26. The molecule has 0 aliphatic heterocycles. The third-order valence-electron chi connectivity index (χ3n) is 1.38. The molecule has 0 aliphatic rings. The van der Waals surface area contributed by atoms with Gasteiger partial charge in [-0.2, -0.15) is 5.10 Å². The minimum absolute atomic E-state index is 0.422. The van der Waals surface area contributed by atoms with E-state index in [2.05, 4.69) is 15.1 Å². The van der Waals surface area contributed by atoms with Gasteiger partial charge in [0, 0.05) is 6.54 Å². The van der Waals surface area contributed by atoms with Crippen LogP contribution in [0.2, 0.25) is 0 Å². The van der Waals surface area contributed by atoms with E-state index in [1.165, 1.54) is 0 Å². The lowest BCUT2D eigenvalue weighted by Gasteiger charge is -1.84. The van der Waals surface area contributed by atoms with Crippen molar-refractivity contribution >= 4 is 5.78 Å². The molecular formula is C6H7N5. The van der Waals surface area contributed by atoms with Crippen molar-refractivity contribution in [3.63, 3.8) is 0 Å². The van der Waals surface area contributed by atoms with Gasteiger partial charge in [-0.05, 0) is 0 Å². The average molecular weight is 149 g/mol. The summed E-state index contributed by atoms with van der Waals surface area (Å²) in [5.74, 6) is 0.591. The van der Waals surface area contributed by atoms with Gasteiger partial charge in [0.2, 0.25) is 0 Å². The fourth-order valence-corrected chi connectivity index (χ4v) is 0.880. The molecule has 0 saturated heterocycles. The summed E-state index contributed by atoms with van der Waals surface area (Å²) in [5.41, 5.74) is 6.18. The molecule has 0 aromatic carbocycles. The van der Waals surface area contributed by atoms with Gasteiger partial charge in [0.1, 0.15) is 0 Å². The highest BCUT2D eigenvalue weighted by Crippen LogP contribution is 1.97. The van der Waals surface area contributed by atoms with E-state index in [1.807, 2.05) is 0 Å². The fraction of sp³-hybridized carbons (Fsp3) is 0.167. The Kier molecular flexibility index (Phi) is 1.29. The smallest absolute Gasteiger partial charge is 0.250 e. The Labute approximate surface area is 62.9 Å². The molecule has 0 amide bonds. The molecule has 2 heterocycles. The molecule has 2 aromatic heterocycles. The Bertz CT molecular complexity index is 333. The quantitative estimate of drug-likeness (QED) is 0.598. The zero-order valence-electron chi connectivity index (χ0n) is 5.81. The first-order valence-electron chi connectivity index (χ1n) is 3.25. The van der Waals surface area contributed by atoms with Gasteiger partial charge in [-0.15, -0.1) is 0 Å². The molecule has 11 heavy (non-hydrogen) atoms. The van der Waals surface area contributed by atoms with E-state index in [0.717, 1.165) is 5.69 Å². The average Bonchev–Trinajstić information content (AvgIpc) is 2.46.